The molecule has 0 radical (unpaired) electrons. The summed E-state index contributed by atoms with van der Waals surface area (Å²) in [6.07, 6.45) is 5.48. The van der Waals surface area contributed by atoms with E-state index in [9.17, 15) is 0 Å². The Morgan fingerprint density at radius 1 is 1.14 bits per heavy atom. The summed E-state index contributed by atoms with van der Waals surface area (Å²) in [6.45, 7) is 22.3. The van der Waals surface area contributed by atoms with Gasteiger partial charge in [-0.15, -0.1) is 0 Å². The maximum absolute atomic E-state index is 5.02. The van der Waals surface area contributed by atoms with Crippen LogP contribution in [-0.2, 0) is 0 Å². The number of hydrogen-bond acceptors (Lipinski definition) is 3. The second-order valence-corrected chi connectivity index (χ2v) is 12.3. The van der Waals surface area contributed by atoms with E-state index in [1.54, 1.807) is 0 Å². The summed E-state index contributed by atoms with van der Waals surface area (Å²) in [5, 5.41) is 3.53. The van der Waals surface area contributed by atoms with Gasteiger partial charge in [-0.1, -0.05) is 44.2 Å². The lowest BCUT2D eigenvalue weighted by molar-refractivity contribution is -0.0203. The van der Waals surface area contributed by atoms with Crippen molar-refractivity contribution in [3.63, 3.8) is 0 Å². The number of hydrogen-bond donors (Lipinski definition) is 1. The molecule has 2 heterocycles. The van der Waals surface area contributed by atoms with E-state index in [0.717, 1.165) is 48.3 Å². The fraction of sp³-hybridized carbons (Fsp3) is 0.667. The predicted octanol–water partition coefficient (Wildman–Crippen LogP) is 5.75. The number of piperidine rings is 1. The average Bonchev–Trinajstić information content (AvgIpc) is 2.74. The Morgan fingerprint density at radius 2 is 1.86 bits per heavy atom. The van der Waals surface area contributed by atoms with Crippen LogP contribution in [0.1, 0.15) is 76.1 Å². The van der Waals surface area contributed by atoms with Crippen molar-refractivity contribution in [2.45, 2.75) is 79.3 Å². The number of benzene rings is 1. The molecule has 1 saturated carbocycles. The highest BCUT2D eigenvalue weighted by molar-refractivity contribution is 6.08. The number of nitrogens with one attached hydrogen (secondary N) is 1. The summed E-state index contributed by atoms with van der Waals surface area (Å²) >= 11 is 0. The molecule has 2 aliphatic heterocycles. The monoisotopic (exact) mass is 477 g/mol. The summed E-state index contributed by atoms with van der Waals surface area (Å²) in [7, 11) is 1.87. The minimum Gasteiger partial charge on any atom is -0.342 e. The molecule has 0 aromatic heterocycles. The van der Waals surface area contributed by atoms with Crippen LogP contribution in [0.3, 0.4) is 0 Å². The second-order valence-electron chi connectivity index (χ2n) is 12.3. The molecule has 192 valence electrons. The second kappa shape index (κ2) is 10.5. The zero-order chi connectivity index (χ0) is 25.3. The molecule has 1 aromatic rings. The summed E-state index contributed by atoms with van der Waals surface area (Å²) in [6, 6.07) is 7.47. The molecule has 1 aliphatic carbocycles. The Balaban J connectivity index is 1.34. The van der Waals surface area contributed by atoms with Gasteiger partial charge >= 0.3 is 0 Å². The van der Waals surface area contributed by atoms with Gasteiger partial charge in [-0.05, 0) is 93.9 Å². The molecule has 0 bridgehead atoms. The summed E-state index contributed by atoms with van der Waals surface area (Å²) in [5.41, 5.74) is 5.31. The first-order valence-electron chi connectivity index (χ1n) is 13.6. The van der Waals surface area contributed by atoms with E-state index in [4.69, 9.17) is 4.99 Å². The minimum atomic E-state index is 0.0572. The van der Waals surface area contributed by atoms with Crippen molar-refractivity contribution in [2.24, 2.45) is 27.2 Å². The highest BCUT2D eigenvalue weighted by atomic mass is 15.3. The molecule has 0 spiro atoms. The van der Waals surface area contributed by atoms with Crippen molar-refractivity contribution in [1.29, 1.82) is 0 Å². The number of guanidine groups is 1. The molecule has 5 nitrogen and oxygen atoms in total. The zero-order valence-corrected chi connectivity index (χ0v) is 23.2. The van der Waals surface area contributed by atoms with Gasteiger partial charge in [0.1, 0.15) is 5.84 Å². The Bertz CT molecular complexity index is 976. The highest BCUT2D eigenvalue weighted by Gasteiger charge is 2.43. The minimum absolute atomic E-state index is 0.0572. The lowest BCUT2D eigenvalue weighted by Crippen LogP contribution is -2.60. The standard InChI is InChI=1S/C30H47N5/c1-20(2)28(32-23(5)27-12-11-21(3)14-22(27)4)33-29(31-8)35-18-25(19-35)24-10-9-13-34(17-24)26-15-30(6,7)16-26/h11-12,14,23-26H,1,9-10,13,15-19H2,2-8H3,(H,31,32,33)/t23-,24+/m1/s1. The fourth-order valence-electron chi connectivity index (χ4n) is 6.40. The van der Waals surface area contributed by atoms with Gasteiger partial charge in [0.15, 0.2) is 5.96 Å². The first-order valence-corrected chi connectivity index (χ1v) is 13.6. The largest absolute Gasteiger partial charge is 0.342 e. The number of likely N-dealkylation sites (tertiary alicyclic amines) is 2. The van der Waals surface area contributed by atoms with Crippen LogP contribution < -0.4 is 5.32 Å². The molecule has 1 aromatic carbocycles. The van der Waals surface area contributed by atoms with Crippen molar-refractivity contribution >= 4 is 11.8 Å². The van der Waals surface area contributed by atoms with Crippen molar-refractivity contribution < 1.29 is 0 Å². The van der Waals surface area contributed by atoms with Crippen LogP contribution in [0, 0.1) is 31.1 Å². The third kappa shape index (κ3) is 5.99. The molecule has 1 N–H and O–H groups in total. The normalized spacial score (nSPS) is 25.1. The molecule has 5 heteroatoms. The molecular weight excluding hydrogens is 430 g/mol. The third-order valence-corrected chi connectivity index (χ3v) is 8.50. The molecule has 2 atom stereocenters. The number of amidine groups is 1. The average molecular weight is 478 g/mol. The van der Waals surface area contributed by atoms with Crippen molar-refractivity contribution in [2.75, 3.05) is 33.2 Å². The Hall–Kier alpha value is -2.14. The molecule has 0 unspecified atom stereocenters. The van der Waals surface area contributed by atoms with Crippen LogP contribution in [0.5, 0.6) is 0 Å². The van der Waals surface area contributed by atoms with Crippen LogP contribution in [0.15, 0.2) is 40.3 Å². The fourth-order valence-corrected chi connectivity index (χ4v) is 6.40. The third-order valence-electron chi connectivity index (χ3n) is 8.50. The number of aryl methyl sites for hydroxylation is 2. The first kappa shape index (κ1) is 25.9. The lowest BCUT2D eigenvalue weighted by Gasteiger charge is -2.53. The van der Waals surface area contributed by atoms with E-state index in [-0.39, 0.29) is 6.04 Å². The van der Waals surface area contributed by atoms with E-state index < -0.39 is 0 Å². The molecule has 0 amide bonds. The predicted molar refractivity (Wildman–Crippen MR) is 149 cm³/mol. The van der Waals surface area contributed by atoms with Gasteiger partial charge < -0.3 is 15.1 Å². The lowest BCUT2D eigenvalue weighted by atomic mass is 9.67. The molecule has 35 heavy (non-hydrogen) atoms. The van der Waals surface area contributed by atoms with Crippen LogP contribution >= 0.6 is 0 Å². The molecule has 4 rings (SSSR count). The first-order chi connectivity index (χ1) is 16.6. The summed E-state index contributed by atoms with van der Waals surface area (Å²) < 4.78 is 0. The molecule has 3 fully saturated rings. The van der Waals surface area contributed by atoms with Gasteiger partial charge in [0.05, 0.1) is 6.04 Å². The molecule has 3 aliphatic rings. The zero-order valence-electron chi connectivity index (χ0n) is 23.2. The smallest absolute Gasteiger partial charge is 0.199 e. The number of nitrogens with zero attached hydrogens (tertiary/aromatic N) is 4. The van der Waals surface area contributed by atoms with E-state index in [1.165, 1.54) is 55.5 Å². The van der Waals surface area contributed by atoms with Crippen LogP contribution in [0.2, 0.25) is 0 Å². The number of rotatable bonds is 5. The van der Waals surface area contributed by atoms with Gasteiger partial charge in [0, 0.05) is 32.7 Å². The maximum Gasteiger partial charge on any atom is 0.199 e. The van der Waals surface area contributed by atoms with Crippen molar-refractivity contribution in [1.82, 2.24) is 15.1 Å². The Kier molecular flexibility index (Phi) is 7.75. The van der Waals surface area contributed by atoms with Gasteiger partial charge in [0.25, 0.3) is 0 Å². The topological polar surface area (TPSA) is 43.2 Å². The van der Waals surface area contributed by atoms with Crippen LogP contribution in [-0.4, -0.2) is 60.9 Å². The maximum atomic E-state index is 5.02. The van der Waals surface area contributed by atoms with Crippen LogP contribution in [0.4, 0.5) is 0 Å². The Morgan fingerprint density at radius 3 is 2.46 bits per heavy atom. The van der Waals surface area contributed by atoms with E-state index in [1.807, 2.05) is 14.0 Å². The van der Waals surface area contributed by atoms with E-state index >= 15 is 0 Å². The van der Waals surface area contributed by atoms with Gasteiger partial charge in [0.2, 0.25) is 0 Å². The van der Waals surface area contributed by atoms with E-state index in [0.29, 0.717) is 5.41 Å². The van der Waals surface area contributed by atoms with Gasteiger partial charge in [-0.2, -0.15) is 0 Å². The van der Waals surface area contributed by atoms with Crippen molar-refractivity contribution in [3.8, 4) is 0 Å². The Labute approximate surface area is 213 Å². The molecular formula is C30H47N5. The quantitative estimate of drug-likeness (QED) is 0.434. The summed E-state index contributed by atoms with van der Waals surface area (Å²) in [4.78, 5) is 14.8. The SMILES string of the molecule is C=C(C)C(=N[C@H](C)c1ccc(C)cc1C)NC(=NC)N1CC([C@H]2CCCN(C3CC(C)(C)C3)C2)C1. The molecule has 2 saturated heterocycles. The van der Waals surface area contributed by atoms with Gasteiger partial charge in [-0.3, -0.25) is 9.98 Å². The highest BCUT2D eigenvalue weighted by Crippen LogP contribution is 2.44. The van der Waals surface area contributed by atoms with E-state index in [2.05, 4.69) is 79.5 Å². The van der Waals surface area contributed by atoms with Gasteiger partial charge in [-0.25, -0.2) is 0 Å². The number of aliphatic imine (C=N–C) groups is 2. The summed E-state index contributed by atoms with van der Waals surface area (Å²) in [5.74, 6) is 3.34. The van der Waals surface area contributed by atoms with Crippen molar-refractivity contribution in [3.05, 3.63) is 47.0 Å². The van der Waals surface area contributed by atoms with Crippen LogP contribution in [0.25, 0.3) is 0 Å².